The third kappa shape index (κ3) is 6.31. The van der Waals surface area contributed by atoms with E-state index in [2.05, 4.69) is 16.0 Å². The number of Topliss-reactive ketones (excluding diaryl/α,β-unsaturated/α-hetero) is 1. The zero-order valence-corrected chi connectivity index (χ0v) is 15.1. The predicted octanol–water partition coefficient (Wildman–Crippen LogP) is -2.47. The lowest BCUT2D eigenvalue weighted by atomic mass is 10.1. The fourth-order valence-corrected chi connectivity index (χ4v) is 2.45. The standard InChI is InChI=1S/C15H26N6O5/c1-15(2,3)20-14(26)18-7-9(22)21-6-4-5-8(21)13(25)19-11(16)10(23)12(17)24/h8,11H,4-7,16H2,1-3H3,(H2,17,24)(H,19,25)(H2,18,20,26)/t8-,11?/m0/s1. The minimum absolute atomic E-state index is 0.280. The Morgan fingerprint density at radius 3 is 2.35 bits per heavy atom. The molecule has 1 fully saturated rings. The molecule has 1 aliphatic rings. The average molecular weight is 370 g/mol. The first kappa shape index (κ1) is 21.4. The van der Waals surface area contributed by atoms with Gasteiger partial charge in [0.05, 0.1) is 6.54 Å². The normalized spacial score (nSPS) is 18.0. The smallest absolute Gasteiger partial charge is 0.315 e. The Bertz CT molecular complexity index is 600. The van der Waals surface area contributed by atoms with Crippen LogP contribution in [0.1, 0.15) is 33.6 Å². The number of nitrogens with zero attached hydrogens (tertiary/aromatic N) is 1. The Morgan fingerprint density at radius 2 is 1.81 bits per heavy atom. The van der Waals surface area contributed by atoms with Gasteiger partial charge in [0.2, 0.25) is 11.8 Å². The largest absolute Gasteiger partial charge is 0.363 e. The van der Waals surface area contributed by atoms with Crippen molar-refractivity contribution < 1.29 is 24.0 Å². The Kier molecular flexibility index (Phi) is 7.07. The Labute approximate surface area is 151 Å². The topological polar surface area (TPSA) is 177 Å². The number of hydrogen-bond acceptors (Lipinski definition) is 6. The highest BCUT2D eigenvalue weighted by molar-refractivity contribution is 6.37. The van der Waals surface area contributed by atoms with E-state index in [0.29, 0.717) is 19.4 Å². The zero-order valence-electron chi connectivity index (χ0n) is 15.1. The van der Waals surface area contributed by atoms with Crippen molar-refractivity contribution in [3.8, 4) is 0 Å². The van der Waals surface area contributed by atoms with E-state index >= 15 is 0 Å². The summed E-state index contributed by atoms with van der Waals surface area (Å²) in [6.45, 7) is 5.44. The molecule has 0 aromatic rings. The summed E-state index contributed by atoms with van der Waals surface area (Å²) in [5.41, 5.74) is 9.78. The molecule has 0 aliphatic carbocycles. The van der Waals surface area contributed by atoms with Crippen LogP contribution in [-0.4, -0.2) is 65.3 Å². The lowest BCUT2D eigenvalue weighted by Crippen LogP contribution is -2.57. The van der Waals surface area contributed by atoms with E-state index < -0.39 is 47.3 Å². The summed E-state index contributed by atoms with van der Waals surface area (Å²) in [4.78, 5) is 59.7. The van der Waals surface area contributed by atoms with Crippen molar-refractivity contribution in [2.75, 3.05) is 13.1 Å². The second-order valence-electron chi connectivity index (χ2n) is 7.02. The molecule has 146 valence electrons. The molecule has 0 saturated carbocycles. The number of likely N-dealkylation sites (tertiary alicyclic amines) is 1. The van der Waals surface area contributed by atoms with E-state index in [1.165, 1.54) is 4.90 Å². The fraction of sp³-hybridized carbons (Fsp3) is 0.667. The van der Waals surface area contributed by atoms with Gasteiger partial charge in [0.1, 0.15) is 12.2 Å². The Balaban J connectivity index is 2.59. The third-order valence-corrected chi connectivity index (χ3v) is 3.59. The van der Waals surface area contributed by atoms with Gasteiger partial charge < -0.3 is 32.3 Å². The minimum atomic E-state index is -1.56. The molecule has 1 rings (SSSR count). The van der Waals surface area contributed by atoms with Gasteiger partial charge in [-0.05, 0) is 33.6 Å². The van der Waals surface area contributed by atoms with Crippen LogP contribution in [0.4, 0.5) is 4.79 Å². The molecule has 26 heavy (non-hydrogen) atoms. The summed E-state index contributed by atoms with van der Waals surface area (Å²) in [5.74, 6) is -3.49. The maximum Gasteiger partial charge on any atom is 0.315 e. The van der Waals surface area contributed by atoms with Gasteiger partial charge in [-0.25, -0.2) is 4.79 Å². The number of urea groups is 1. The first-order valence-electron chi connectivity index (χ1n) is 8.17. The molecule has 0 aromatic carbocycles. The number of amides is 5. The lowest BCUT2D eigenvalue weighted by Gasteiger charge is -2.26. The molecule has 1 heterocycles. The van der Waals surface area contributed by atoms with Crippen LogP contribution in [0.5, 0.6) is 0 Å². The van der Waals surface area contributed by atoms with Gasteiger partial charge in [-0.3, -0.25) is 19.2 Å². The quantitative estimate of drug-likeness (QED) is 0.255. The van der Waals surface area contributed by atoms with E-state index in [0.717, 1.165) is 0 Å². The van der Waals surface area contributed by atoms with Gasteiger partial charge in [-0.1, -0.05) is 0 Å². The van der Waals surface area contributed by atoms with E-state index in [9.17, 15) is 24.0 Å². The van der Waals surface area contributed by atoms with Gasteiger partial charge in [0.15, 0.2) is 0 Å². The molecule has 2 atom stereocenters. The molecular formula is C15H26N6O5. The number of nitrogens with two attached hydrogens (primary N) is 2. The third-order valence-electron chi connectivity index (χ3n) is 3.59. The number of nitrogens with one attached hydrogen (secondary N) is 3. The van der Waals surface area contributed by atoms with Crippen LogP contribution in [0.3, 0.4) is 0 Å². The number of carbonyl (C=O) groups is 5. The summed E-state index contributed by atoms with van der Waals surface area (Å²) in [6, 6.07) is -1.33. The Morgan fingerprint density at radius 1 is 1.19 bits per heavy atom. The van der Waals surface area contributed by atoms with Crippen molar-refractivity contribution in [2.45, 2.75) is 51.4 Å². The highest BCUT2D eigenvalue weighted by atomic mass is 16.2. The predicted molar refractivity (Wildman–Crippen MR) is 91.3 cm³/mol. The molecule has 1 aliphatic heterocycles. The second kappa shape index (κ2) is 8.61. The van der Waals surface area contributed by atoms with Crippen molar-refractivity contribution in [3.63, 3.8) is 0 Å². The number of ketones is 1. The second-order valence-corrected chi connectivity index (χ2v) is 7.02. The number of primary amides is 1. The van der Waals surface area contributed by atoms with Crippen molar-refractivity contribution in [1.29, 1.82) is 0 Å². The molecule has 1 saturated heterocycles. The molecule has 0 bridgehead atoms. The minimum Gasteiger partial charge on any atom is -0.363 e. The van der Waals surface area contributed by atoms with Crippen LogP contribution in [-0.2, 0) is 19.2 Å². The molecule has 0 aromatic heterocycles. The summed E-state index contributed by atoms with van der Waals surface area (Å²) < 4.78 is 0. The number of rotatable bonds is 6. The van der Waals surface area contributed by atoms with Gasteiger partial charge in [0, 0.05) is 12.1 Å². The van der Waals surface area contributed by atoms with Gasteiger partial charge >= 0.3 is 6.03 Å². The summed E-state index contributed by atoms with van der Waals surface area (Å²) in [5, 5.41) is 7.27. The molecule has 11 heteroatoms. The monoisotopic (exact) mass is 370 g/mol. The zero-order chi connectivity index (χ0) is 20.1. The lowest BCUT2D eigenvalue weighted by molar-refractivity contribution is -0.140. The molecule has 0 radical (unpaired) electrons. The van der Waals surface area contributed by atoms with Crippen molar-refractivity contribution in [3.05, 3.63) is 0 Å². The highest BCUT2D eigenvalue weighted by Crippen LogP contribution is 2.17. The molecule has 1 unspecified atom stereocenters. The van der Waals surface area contributed by atoms with Crippen molar-refractivity contribution in [1.82, 2.24) is 20.9 Å². The maximum atomic E-state index is 12.3. The van der Waals surface area contributed by atoms with E-state index in [-0.39, 0.29) is 6.54 Å². The number of carbonyl (C=O) groups excluding carboxylic acids is 5. The summed E-state index contributed by atoms with van der Waals surface area (Å²) in [7, 11) is 0. The van der Waals surface area contributed by atoms with Crippen molar-refractivity contribution in [2.24, 2.45) is 11.5 Å². The van der Waals surface area contributed by atoms with Crippen LogP contribution in [0, 0.1) is 0 Å². The molecule has 7 N–H and O–H groups in total. The molecule has 5 amide bonds. The van der Waals surface area contributed by atoms with Crippen LogP contribution in [0.15, 0.2) is 0 Å². The summed E-state index contributed by atoms with van der Waals surface area (Å²) in [6.07, 6.45) is -0.603. The molecule has 11 nitrogen and oxygen atoms in total. The SMILES string of the molecule is CC(C)(C)NC(=O)NCC(=O)N1CCC[C@H]1C(=O)NC(N)C(=O)C(N)=O. The molecule has 0 spiro atoms. The van der Waals surface area contributed by atoms with Crippen LogP contribution >= 0.6 is 0 Å². The first-order chi connectivity index (χ1) is 11.9. The van der Waals surface area contributed by atoms with E-state index in [1.807, 2.05) is 0 Å². The summed E-state index contributed by atoms with van der Waals surface area (Å²) >= 11 is 0. The van der Waals surface area contributed by atoms with Gasteiger partial charge in [0.25, 0.3) is 11.7 Å². The Hall–Kier alpha value is -2.69. The van der Waals surface area contributed by atoms with E-state index in [1.54, 1.807) is 20.8 Å². The maximum absolute atomic E-state index is 12.3. The van der Waals surface area contributed by atoms with Gasteiger partial charge in [-0.2, -0.15) is 0 Å². The first-order valence-corrected chi connectivity index (χ1v) is 8.17. The van der Waals surface area contributed by atoms with Crippen molar-refractivity contribution >= 4 is 29.5 Å². The van der Waals surface area contributed by atoms with Crippen LogP contribution in [0.2, 0.25) is 0 Å². The van der Waals surface area contributed by atoms with Crippen LogP contribution in [0.25, 0.3) is 0 Å². The molecular weight excluding hydrogens is 344 g/mol. The fourth-order valence-electron chi connectivity index (χ4n) is 2.45. The average Bonchev–Trinajstić information content (AvgIpc) is 2.99. The van der Waals surface area contributed by atoms with E-state index in [4.69, 9.17) is 11.5 Å². The van der Waals surface area contributed by atoms with Crippen LogP contribution < -0.4 is 27.4 Å². The highest BCUT2D eigenvalue weighted by Gasteiger charge is 2.35. The number of hydrogen-bond donors (Lipinski definition) is 5. The van der Waals surface area contributed by atoms with Gasteiger partial charge in [-0.15, -0.1) is 0 Å².